The molecule has 2 rings (SSSR count). The number of amides is 1. The maximum Gasteiger partial charge on any atom is 0.223 e. The largest absolute Gasteiger partial charge is 0.336 e. The van der Waals surface area contributed by atoms with Crippen molar-refractivity contribution in [2.75, 3.05) is 13.1 Å². The first kappa shape index (κ1) is 10.9. The lowest BCUT2D eigenvalue weighted by molar-refractivity contribution is -0.137. The molecule has 0 aromatic heterocycles. The van der Waals surface area contributed by atoms with Crippen LogP contribution in [-0.2, 0) is 4.79 Å². The predicted molar refractivity (Wildman–Crippen MR) is 60.4 cm³/mol. The zero-order valence-electron chi connectivity index (χ0n) is 9.67. The number of nitrogens with two attached hydrogens (primary N) is 1. The second kappa shape index (κ2) is 4.12. The van der Waals surface area contributed by atoms with Crippen LogP contribution >= 0.6 is 0 Å². The van der Waals surface area contributed by atoms with Gasteiger partial charge in [0, 0.05) is 19.5 Å². The second-order valence-electron chi connectivity index (χ2n) is 5.19. The molecular formula is C12H22N2O. The van der Waals surface area contributed by atoms with Gasteiger partial charge in [0.15, 0.2) is 0 Å². The normalized spacial score (nSPS) is 27.3. The molecule has 0 aromatic rings. The van der Waals surface area contributed by atoms with Crippen LogP contribution in [0.1, 0.15) is 45.4 Å². The third-order valence-electron chi connectivity index (χ3n) is 4.06. The summed E-state index contributed by atoms with van der Waals surface area (Å²) in [6, 6.07) is 0. The Labute approximate surface area is 92.0 Å². The Bertz CT molecular complexity index is 250. The smallest absolute Gasteiger partial charge is 0.223 e. The minimum Gasteiger partial charge on any atom is -0.336 e. The molecular weight excluding hydrogens is 188 g/mol. The van der Waals surface area contributed by atoms with Crippen LogP contribution in [0.4, 0.5) is 0 Å². The van der Waals surface area contributed by atoms with Gasteiger partial charge in [0.1, 0.15) is 0 Å². The summed E-state index contributed by atoms with van der Waals surface area (Å²) in [5.74, 6) is 0.983. The molecule has 1 atom stereocenters. The van der Waals surface area contributed by atoms with Gasteiger partial charge in [0.25, 0.3) is 0 Å². The van der Waals surface area contributed by atoms with Gasteiger partial charge in [-0.25, -0.2) is 0 Å². The fraction of sp³-hybridized carbons (Fsp3) is 0.917. The standard InChI is InChI=1S/C12H22N2O/c1-12(9-13,10-6-7-10)14-8-4-2-3-5-11(14)15/h10H,2-9,13H2,1H3. The number of nitrogens with zero attached hydrogens (tertiary/aromatic N) is 1. The third-order valence-corrected chi connectivity index (χ3v) is 4.06. The zero-order chi connectivity index (χ0) is 10.9. The van der Waals surface area contributed by atoms with E-state index in [1.165, 1.54) is 19.3 Å². The Morgan fingerprint density at radius 2 is 2.13 bits per heavy atom. The van der Waals surface area contributed by atoms with Gasteiger partial charge in [-0.15, -0.1) is 0 Å². The molecule has 15 heavy (non-hydrogen) atoms. The predicted octanol–water partition coefficient (Wildman–Crippen LogP) is 1.52. The Balaban J connectivity index is 2.13. The summed E-state index contributed by atoms with van der Waals surface area (Å²) in [4.78, 5) is 14.1. The highest BCUT2D eigenvalue weighted by Crippen LogP contribution is 2.43. The Hall–Kier alpha value is -0.570. The molecule has 0 bridgehead atoms. The third kappa shape index (κ3) is 2.03. The van der Waals surface area contributed by atoms with E-state index in [0.29, 0.717) is 18.4 Å². The maximum absolute atomic E-state index is 12.0. The molecule has 1 aliphatic heterocycles. The van der Waals surface area contributed by atoms with Gasteiger partial charge in [-0.3, -0.25) is 4.79 Å². The van der Waals surface area contributed by atoms with E-state index in [-0.39, 0.29) is 5.54 Å². The lowest BCUT2D eigenvalue weighted by Crippen LogP contribution is -2.55. The van der Waals surface area contributed by atoms with E-state index >= 15 is 0 Å². The van der Waals surface area contributed by atoms with Crippen LogP contribution < -0.4 is 5.73 Å². The summed E-state index contributed by atoms with van der Waals surface area (Å²) in [7, 11) is 0. The minimum absolute atomic E-state index is 0.0541. The summed E-state index contributed by atoms with van der Waals surface area (Å²) >= 11 is 0. The number of likely N-dealkylation sites (tertiary alicyclic amines) is 1. The molecule has 1 amide bonds. The fourth-order valence-electron chi connectivity index (χ4n) is 2.73. The van der Waals surface area contributed by atoms with Crippen LogP contribution in [0.25, 0.3) is 0 Å². The van der Waals surface area contributed by atoms with Crippen molar-refractivity contribution in [3.8, 4) is 0 Å². The van der Waals surface area contributed by atoms with Crippen LogP contribution in [-0.4, -0.2) is 29.4 Å². The molecule has 86 valence electrons. The van der Waals surface area contributed by atoms with Crippen LogP contribution in [0.3, 0.4) is 0 Å². The van der Waals surface area contributed by atoms with Gasteiger partial charge in [-0.2, -0.15) is 0 Å². The molecule has 3 nitrogen and oxygen atoms in total. The van der Waals surface area contributed by atoms with Crippen molar-refractivity contribution in [3.63, 3.8) is 0 Å². The summed E-state index contributed by atoms with van der Waals surface area (Å²) in [6.07, 6.45) is 6.61. The van der Waals surface area contributed by atoms with Crippen molar-refractivity contribution in [1.29, 1.82) is 0 Å². The van der Waals surface area contributed by atoms with Crippen LogP contribution in [0.5, 0.6) is 0 Å². The van der Waals surface area contributed by atoms with Crippen LogP contribution in [0.2, 0.25) is 0 Å². The fourth-order valence-corrected chi connectivity index (χ4v) is 2.73. The quantitative estimate of drug-likeness (QED) is 0.767. The topological polar surface area (TPSA) is 46.3 Å². The van der Waals surface area contributed by atoms with E-state index in [2.05, 4.69) is 11.8 Å². The van der Waals surface area contributed by atoms with Gasteiger partial charge in [0.05, 0.1) is 5.54 Å². The summed E-state index contributed by atoms with van der Waals surface area (Å²) in [6.45, 7) is 3.71. The van der Waals surface area contributed by atoms with Crippen molar-refractivity contribution in [3.05, 3.63) is 0 Å². The lowest BCUT2D eigenvalue weighted by atomic mass is 9.93. The van der Waals surface area contributed by atoms with Crippen LogP contribution in [0.15, 0.2) is 0 Å². The van der Waals surface area contributed by atoms with Crippen molar-refractivity contribution in [2.24, 2.45) is 11.7 Å². The average Bonchev–Trinajstić information content (AvgIpc) is 3.03. The minimum atomic E-state index is -0.0541. The van der Waals surface area contributed by atoms with Gasteiger partial charge in [-0.1, -0.05) is 6.42 Å². The monoisotopic (exact) mass is 210 g/mol. The van der Waals surface area contributed by atoms with Gasteiger partial charge >= 0.3 is 0 Å². The highest BCUT2D eigenvalue weighted by molar-refractivity contribution is 5.77. The summed E-state index contributed by atoms with van der Waals surface area (Å²) < 4.78 is 0. The van der Waals surface area contributed by atoms with Gasteiger partial charge < -0.3 is 10.6 Å². The summed E-state index contributed by atoms with van der Waals surface area (Å²) in [5, 5.41) is 0. The highest BCUT2D eigenvalue weighted by Gasteiger charge is 2.46. The van der Waals surface area contributed by atoms with Crippen molar-refractivity contribution in [2.45, 2.75) is 51.0 Å². The van der Waals surface area contributed by atoms with E-state index in [0.717, 1.165) is 25.8 Å². The first-order valence-electron chi connectivity index (χ1n) is 6.19. The average molecular weight is 210 g/mol. The number of carbonyl (C=O) groups excluding carboxylic acids is 1. The molecule has 2 N–H and O–H groups in total. The van der Waals surface area contributed by atoms with Gasteiger partial charge in [0.2, 0.25) is 5.91 Å². The first-order chi connectivity index (χ1) is 7.18. The Morgan fingerprint density at radius 1 is 1.40 bits per heavy atom. The Morgan fingerprint density at radius 3 is 2.73 bits per heavy atom. The molecule has 1 saturated carbocycles. The summed E-state index contributed by atoms with van der Waals surface area (Å²) in [5.41, 5.74) is 5.84. The highest BCUT2D eigenvalue weighted by atomic mass is 16.2. The van der Waals surface area contributed by atoms with E-state index in [1.807, 2.05) is 0 Å². The number of carbonyl (C=O) groups is 1. The van der Waals surface area contributed by atoms with Crippen molar-refractivity contribution >= 4 is 5.91 Å². The molecule has 3 heteroatoms. The first-order valence-corrected chi connectivity index (χ1v) is 6.19. The van der Waals surface area contributed by atoms with Crippen LogP contribution in [0, 0.1) is 5.92 Å². The van der Waals surface area contributed by atoms with E-state index in [1.54, 1.807) is 0 Å². The SMILES string of the molecule is CC(CN)(C1CC1)N1CCCCCC1=O. The molecule has 2 fully saturated rings. The van der Waals surface area contributed by atoms with Gasteiger partial charge in [-0.05, 0) is 38.5 Å². The van der Waals surface area contributed by atoms with E-state index in [9.17, 15) is 4.79 Å². The van der Waals surface area contributed by atoms with E-state index in [4.69, 9.17) is 5.73 Å². The molecule has 0 aromatic carbocycles. The molecule has 0 radical (unpaired) electrons. The van der Waals surface area contributed by atoms with E-state index < -0.39 is 0 Å². The van der Waals surface area contributed by atoms with Crippen molar-refractivity contribution in [1.82, 2.24) is 4.90 Å². The molecule has 1 saturated heterocycles. The molecule has 1 heterocycles. The second-order valence-corrected chi connectivity index (χ2v) is 5.19. The lowest BCUT2D eigenvalue weighted by Gasteiger charge is -2.40. The number of rotatable bonds is 3. The maximum atomic E-state index is 12.0. The zero-order valence-corrected chi connectivity index (χ0v) is 9.67. The molecule has 2 aliphatic rings. The van der Waals surface area contributed by atoms with Crippen molar-refractivity contribution < 1.29 is 4.79 Å². The molecule has 1 unspecified atom stereocenters. The molecule has 1 aliphatic carbocycles. The Kier molecular flexibility index (Phi) is 3.01. The number of hydrogen-bond donors (Lipinski definition) is 1. The molecule has 0 spiro atoms. The number of hydrogen-bond acceptors (Lipinski definition) is 2.